The van der Waals surface area contributed by atoms with Crippen LogP contribution in [0.4, 0.5) is 5.88 Å². The van der Waals surface area contributed by atoms with Crippen molar-refractivity contribution >= 4 is 5.88 Å². The van der Waals surface area contributed by atoms with E-state index in [1.165, 1.54) is 12.8 Å². The molecule has 6 heteroatoms. The summed E-state index contributed by atoms with van der Waals surface area (Å²) in [6.07, 6.45) is 3.50. The molecule has 164 valence electrons. The molecule has 0 saturated carbocycles. The summed E-state index contributed by atoms with van der Waals surface area (Å²) in [6.45, 7) is 12.9. The van der Waals surface area contributed by atoms with E-state index < -0.39 is 6.10 Å². The predicted octanol–water partition coefficient (Wildman–Crippen LogP) is 3.96. The van der Waals surface area contributed by atoms with Crippen LogP contribution in [0.1, 0.15) is 32.3 Å². The van der Waals surface area contributed by atoms with Crippen LogP contribution in [0.3, 0.4) is 0 Å². The average molecular weight is 414 g/mol. The first-order chi connectivity index (χ1) is 14.6. The summed E-state index contributed by atoms with van der Waals surface area (Å²) < 4.78 is 11.3. The molecule has 0 spiro atoms. The smallest absolute Gasteiger partial charge is 0.232 e. The van der Waals surface area contributed by atoms with E-state index in [0.29, 0.717) is 32.2 Å². The molecule has 1 unspecified atom stereocenters. The molecule has 0 bridgehead atoms. The first-order valence-corrected chi connectivity index (χ1v) is 11.0. The number of hydrogen-bond acceptors (Lipinski definition) is 6. The third-order valence-corrected chi connectivity index (χ3v) is 5.23. The third kappa shape index (κ3) is 6.17. The molecule has 30 heavy (non-hydrogen) atoms. The Morgan fingerprint density at radius 1 is 1.23 bits per heavy atom. The lowest BCUT2D eigenvalue weighted by Crippen LogP contribution is -2.37. The molecule has 1 fully saturated rings. The Bertz CT molecular complexity index is 769. The number of rotatable bonds is 12. The SMILES string of the molecule is C=CCOCC(O)CN(Cc1c(-c2ccccc2)noc1N1CCCC1)CC(C)C. The van der Waals surface area contributed by atoms with Gasteiger partial charge in [-0.1, -0.05) is 55.4 Å². The van der Waals surface area contributed by atoms with Crippen molar-refractivity contribution in [2.45, 2.75) is 39.3 Å². The van der Waals surface area contributed by atoms with Crippen molar-refractivity contribution in [1.82, 2.24) is 10.1 Å². The lowest BCUT2D eigenvalue weighted by atomic mass is 10.1. The summed E-state index contributed by atoms with van der Waals surface area (Å²) in [6, 6.07) is 10.2. The van der Waals surface area contributed by atoms with Gasteiger partial charge in [-0.3, -0.25) is 4.90 Å². The van der Waals surface area contributed by atoms with Gasteiger partial charge in [-0.25, -0.2) is 0 Å². The summed E-state index contributed by atoms with van der Waals surface area (Å²) in [4.78, 5) is 4.58. The molecule has 0 radical (unpaired) electrons. The molecule has 0 aliphatic carbocycles. The molecule has 2 heterocycles. The van der Waals surface area contributed by atoms with Crippen LogP contribution < -0.4 is 4.90 Å². The van der Waals surface area contributed by atoms with E-state index in [-0.39, 0.29) is 0 Å². The number of aliphatic hydroxyl groups is 1. The van der Waals surface area contributed by atoms with Crippen molar-refractivity contribution in [3.8, 4) is 11.3 Å². The highest BCUT2D eigenvalue weighted by molar-refractivity contribution is 5.68. The van der Waals surface area contributed by atoms with Crippen LogP contribution >= 0.6 is 0 Å². The minimum Gasteiger partial charge on any atom is -0.389 e. The van der Waals surface area contributed by atoms with Gasteiger partial charge in [0.15, 0.2) is 0 Å². The van der Waals surface area contributed by atoms with Crippen molar-refractivity contribution in [2.75, 3.05) is 44.3 Å². The summed E-state index contributed by atoms with van der Waals surface area (Å²) in [5, 5.41) is 15.0. The van der Waals surface area contributed by atoms with E-state index >= 15 is 0 Å². The van der Waals surface area contributed by atoms with Crippen LogP contribution in [0.25, 0.3) is 11.3 Å². The first-order valence-electron chi connectivity index (χ1n) is 11.0. The second-order valence-corrected chi connectivity index (χ2v) is 8.44. The minimum atomic E-state index is -0.557. The fourth-order valence-corrected chi connectivity index (χ4v) is 4.02. The Kier molecular flexibility index (Phi) is 8.49. The van der Waals surface area contributed by atoms with Gasteiger partial charge in [0.2, 0.25) is 5.88 Å². The number of hydrogen-bond donors (Lipinski definition) is 1. The fourth-order valence-electron chi connectivity index (χ4n) is 4.02. The summed E-state index contributed by atoms with van der Waals surface area (Å²) in [5.41, 5.74) is 3.05. The number of nitrogens with zero attached hydrogens (tertiary/aromatic N) is 3. The molecule has 1 aliphatic heterocycles. The maximum atomic E-state index is 10.5. The van der Waals surface area contributed by atoms with Crippen LogP contribution in [0.15, 0.2) is 47.5 Å². The van der Waals surface area contributed by atoms with E-state index in [1.54, 1.807) is 6.08 Å². The second kappa shape index (κ2) is 11.3. The van der Waals surface area contributed by atoms with Gasteiger partial charge in [0, 0.05) is 38.3 Å². The van der Waals surface area contributed by atoms with Crippen LogP contribution in [0, 0.1) is 5.92 Å². The van der Waals surface area contributed by atoms with Gasteiger partial charge < -0.3 is 19.3 Å². The Morgan fingerprint density at radius 3 is 2.63 bits per heavy atom. The van der Waals surface area contributed by atoms with Crippen LogP contribution in [0.2, 0.25) is 0 Å². The predicted molar refractivity (Wildman–Crippen MR) is 121 cm³/mol. The molecule has 1 N–H and O–H groups in total. The summed E-state index contributed by atoms with van der Waals surface area (Å²) in [7, 11) is 0. The zero-order chi connectivity index (χ0) is 21.3. The second-order valence-electron chi connectivity index (χ2n) is 8.44. The van der Waals surface area contributed by atoms with Gasteiger partial charge in [0.05, 0.1) is 24.9 Å². The number of benzene rings is 1. The van der Waals surface area contributed by atoms with E-state index in [9.17, 15) is 5.11 Å². The minimum absolute atomic E-state index is 0.300. The van der Waals surface area contributed by atoms with Gasteiger partial charge >= 0.3 is 0 Å². The average Bonchev–Trinajstić information content (AvgIpc) is 3.38. The quantitative estimate of drug-likeness (QED) is 0.420. The van der Waals surface area contributed by atoms with Crippen LogP contribution in [0.5, 0.6) is 0 Å². The third-order valence-electron chi connectivity index (χ3n) is 5.23. The topological polar surface area (TPSA) is 62.0 Å². The normalized spacial score (nSPS) is 15.3. The van der Waals surface area contributed by atoms with Crippen LogP contribution in [-0.4, -0.2) is 60.7 Å². The Labute approximate surface area is 180 Å². The molecule has 1 aromatic carbocycles. The monoisotopic (exact) mass is 413 g/mol. The largest absolute Gasteiger partial charge is 0.389 e. The highest BCUT2D eigenvalue weighted by Crippen LogP contribution is 2.34. The van der Waals surface area contributed by atoms with Crippen molar-refractivity contribution in [2.24, 2.45) is 5.92 Å². The molecule has 1 aliphatic rings. The number of anilines is 1. The van der Waals surface area contributed by atoms with Gasteiger partial charge in [0.1, 0.15) is 5.69 Å². The van der Waals surface area contributed by atoms with Crippen molar-refractivity contribution in [3.63, 3.8) is 0 Å². The maximum Gasteiger partial charge on any atom is 0.232 e. The van der Waals surface area contributed by atoms with E-state index in [0.717, 1.165) is 42.3 Å². The Balaban J connectivity index is 1.84. The number of ether oxygens (including phenoxy) is 1. The van der Waals surface area contributed by atoms with Gasteiger partial charge in [0.25, 0.3) is 0 Å². The molecule has 1 atom stereocenters. The van der Waals surface area contributed by atoms with Crippen LogP contribution in [-0.2, 0) is 11.3 Å². The van der Waals surface area contributed by atoms with E-state index in [2.05, 4.69) is 47.5 Å². The Morgan fingerprint density at radius 2 is 1.97 bits per heavy atom. The molecular formula is C24H35N3O3. The standard InChI is InChI=1S/C24H35N3O3/c1-4-14-29-18-21(28)16-26(15-19(2)3)17-22-23(20-10-6-5-7-11-20)25-30-24(22)27-12-8-9-13-27/h4-7,10-11,19,21,28H,1,8-9,12-18H2,2-3H3. The van der Waals surface area contributed by atoms with Gasteiger partial charge in [-0.15, -0.1) is 6.58 Å². The Hall–Kier alpha value is -2.15. The first kappa shape index (κ1) is 22.5. The highest BCUT2D eigenvalue weighted by atomic mass is 16.5. The highest BCUT2D eigenvalue weighted by Gasteiger charge is 2.27. The lowest BCUT2D eigenvalue weighted by molar-refractivity contribution is 0.0223. The number of aromatic nitrogens is 1. The zero-order valence-electron chi connectivity index (χ0n) is 18.3. The molecule has 3 rings (SSSR count). The maximum absolute atomic E-state index is 10.5. The fraction of sp³-hybridized carbons (Fsp3) is 0.542. The van der Waals surface area contributed by atoms with Gasteiger partial charge in [-0.2, -0.15) is 0 Å². The molecule has 2 aromatic rings. The molecular weight excluding hydrogens is 378 g/mol. The zero-order valence-corrected chi connectivity index (χ0v) is 18.3. The van der Waals surface area contributed by atoms with Crippen molar-refractivity contribution < 1.29 is 14.4 Å². The van der Waals surface area contributed by atoms with Gasteiger partial charge in [-0.05, 0) is 18.8 Å². The van der Waals surface area contributed by atoms with Crippen molar-refractivity contribution in [1.29, 1.82) is 0 Å². The molecule has 1 aromatic heterocycles. The lowest BCUT2D eigenvalue weighted by Gasteiger charge is -2.27. The molecule has 0 amide bonds. The van der Waals surface area contributed by atoms with E-state index in [4.69, 9.17) is 9.26 Å². The van der Waals surface area contributed by atoms with Crippen molar-refractivity contribution in [3.05, 3.63) is 48.6 Å². The summed E-state index contributed by atoms with van der Waals surface area (Å²) >= 11 is 0. The summed E-state index contributed by atoms with van der Waals surface area (Å²) in [5.74, 6) is 1.35. The molecule has 6 nitrogen and oxygen atoms in total. The number of aliphatic hydroxyl groups excluding tert-OH is 1. The van der Waals surface area contributed by atoms with E-state index in [1.807, 2.05) is 18.2 Å². The molecule has 1 saturated heterocycles.